The van der Waals surface area contributed by atoms with Gasteiger partial charge in [0.1, 0.15) is 0 Å². The summed E-state index contributed by atoms with van der Waals surface area (Å²) in [5.41, 5.74) is 4.53. The Hall–Kier alpha value is -0.530. The van der Waals surface area contributed by atoms with Gasteiger partial charge in [0.05, 0.1) is 0 Å². The van der Waals surface area contributed by atoms with Crippen LogP contribution in [0.25, 0.3) is 0 Å². The van der Waals surface area contributed by atoms with Crippen LogP contribution in [-0.2, 0) is 5.41 Å². The van der Waals surface area contributed by atoms with Crippen molar-refractivity contribution in [2.24, 2.45) is 5.92 Å². The molecule has 1 nitrogen and oxygen atoms in total. The largest absolute Gasteiger partial charge is 0.305 e. The van der Waals surface area contributed by atoms with Crippen LogP contribution in [0.1, 0.15) is 23.1 Å². The zero-order valence-corrected chi connectivity index (χ0v) is 10.9. The van der Waals surface area contributed by atoms with Gasteiger partial charge in [0.15, 0.2) is 0 Å². The fourth-order valence-electron chi connectivity index (χ4n) is 3.48. The van der Waals surface area contributed by atoms with Crippen LogP contribution in [0.2, 0.25) is 5.02 Å². The van der Waals surface area contributed by atoms with Crippen LogP contribution in [0.15, 0.2) is 12.1 Å². The minimum absolute atomic E-state index is 0.439. The second kappa shape index (κ2) is 3.24. The molecule has 1 saturated carbocycles. The first-order chi connectivity index (χ1) is 7.53. The van der Waals surface area contributed by atoms with Gasteiger partial charge in [-0.3, -0.25) is 0 Å². The molecule has 1 saturated heterocycles. The lowest BCUT2D eigenvalue weighted by Crippen LogP contribution is -2.23. The highest BCUT2D eigenvalue weighted by Gasteiger charge is 2.60. The van der Waals surface area contributed by atoms with Crippen molar-refractivity contribution < 1.29 is 0 Å². The van der Waals surface area contributed by atoms with Gasteiger partial charge in [-0.15, -0.1) is 0 Å². The molecule has 16 heavy (non-hydrogen) atoms. The van der Waals surface area contributed by atoms with E-state index >= 15 is 0 Å². The number of aryl methyl sites for hydroxylation is 1. The normalized spacial score (nSPS) is 32.9. The number of benzene rings is 1. The van der Waals surface area contributed by atoms with Crippen molar-refractivity contribution in [3.63, 3.8) is 0 Å². The summed E-state index contributed by atoms with van der Waals surface area (Å²) in [4.78, 5) is 2.45. The van der Waals surface area contributed by atoms with E-state index in [0.717, 1.165) is 10.9 Å². The summed E-state index contributed by atoms with van der Waals surface area (Å²) in [5, 5.41) is 0.935. The van der Waals surface area contributed by atoms with Crippen molar-refractivity contribution in [2.75, 3.05) is 20.1 Å². The molecule has 1 aromatic carbocycles. The maximum atomic E-state index is 6.30. The first kappa shape index (κ1) is 10.6. The van der Waals surface area contributed by atoms with E-state index in [0.29, 0.717) is 5.41 Å². The lowest BCUT2D eigenvalue weighted by atomic mass is 9.89. The van der Waals surface area contributed by atoms with Crippen LogP contribution < -0.4 is 0 Å². The summed E-state index contributed by atoms with van der Waals surface area (Å²) in [7, 11) is 2.22. The van der Waals surface area contributed by atoms with Gasteiger partial charge in [-0.1, -0.05) is 17.7 Å². The molecule has 1 aliphatic carbocycles. The number of hydrogen-bond donors (Lipinski definition) is 0. The minimum atomic E-state index is 0.439. The van der Waals surface area contributed by atoms with E-state index in [2.05, 4.69) is 37.9 Å². The van der Waals surface area contributed by atoms with Crippen molar-refractivity contribution in [2.45, 2.75) is 25.7 Å². The first-order valence-corrected chi connectivity index (χ1v) is 6.36. The number of likely N-dealkylation sites (tertiary alicyclic amines) is 1. The standard InChI is InChI=1S/C14H18ClN/c1-9-4-12(10(2)13(15)5-9)14-6-11(14)7-16(3)8-14/h4-5,11H,6-8H2,1-3H3. The molecule has 2 aliphatic rings. The van der Waals surface area contributed by atoms with E-state index in [1.807, 2.05) is 0 Å². The van der Waals surface area contributed by atoms with E-state index in [1.165, 1.54) is 36.2 Å². The Kier molecular flexibility index (Phi) is 2.15. The fraction of sp³-hybridized carbons (Fsp3) is 0.571. The van der Waals surface area contributed by atoms with Crippen LogP contribution in [0, 0.1) is 19.8 Å². The van der Waals surface area contributed by atoms with Gasteiger partial charge in [0, 0.05) is 23.5 Å². The van der Waals surface area contributed by atoms with Crippen LogP contribution in [0.3, 0.4) is 0 Å². The van der Waals surface area contributed by atoms with Gasteiger partial charge in [0.2, 0.25) is 0 Å². The van der Waals surface area contributed by atoms with Crippen LogP contribution in [-0.4, -0.2) is 25.0 Å². The molecule has 0 bridgehead atoms. The molecule has 1 aliphatic heterocycles. The third-order valence-corrected chi connectivity index (χ3v) is 4.73. The van der Waals surface area contributed by atoms with Gasteiger partial charge < -0.3 is 4.90 Å². The molecule has 0 spiro atoms. The highest BCUT2D eigenvalue weighted by atomic mass is 35.5. The number of rotatable bonds is 1. The van der Waals surface area contributed by atoms with Crippen molar-refractivity contribution in [1.82, 2.24) is 4.90 Å². The summed E-state index contributed by atoms with van der Waals surface area (Å²) in [6, 6.07) is 4.42. The van der Waals surface area contributed by atoms with Crippen molar-refractivity contribution in [3.05, 3.63) is 33.8 Å². The topological polar surface area (TPSA) is 3.24 Å². The third kappa shape index (κ3) is 1.34. The maximum absolute atomic E-state index is 6.30. The van der Waals surface area contributed by atoms with E-state index in [9.17, 15) is 0 Å². The van der Waals surface area contributed by atoms with Gasteiger partial charge in [-0.05, 0) is 56.0 Å². The van der Waals surface area contributed by atoms with Gasteiger partial charge in [-0.25, -0.2) is 0 Å². The molecule has 0 aromatic heterocycles. The first-order valence-electron chi connectivity index (χ1n) is 5.99. The highest BCUT2D eigenvalue weighted by Crippen LogP contribution is 2.59. The zero-order valence-electron chi connectivity index (χ0n) is 10.2. The minimum Gasteiger partial charge on any atom is -0.305 e. The lowest BCUT2D eigenvalue weighted by molar-refractivity contribution is 0.363. The molecule has 1 aromatic rings. The molecule has 0 amide bonds. The van der Waals surface area contributed by atoms with E-state index in [-0.39, 0.29) is 0 Å². The van der Waals surface area contributed by atoms with E-state index < -0.39 is 0 Å². The number of fused-ring (bicyclic) bond motifs is 1. The Bertz CT molecular complexity index is 454. The monoisotopic (exact) mass is 235 g/mol. The predicted molar refractivity (Wildman–Crippen MR) is 68.2 cm³/mol. The van der Waals surface area contributed by atoms with Crippen LogP contribution >= 0.6 is 11.6 Å². The molecular weight excluding hydrogens is 218 g/mol. The summed E-state index contributed by atoms with van der Waals surface area (Å²) < 4.78 is 0. The summed E-state index contributed by atoms with van der Waals surface area (Å²) in [6.07, 6.45) is 1.36. The van der Waals surface area contributed by atoms with Crippen molar-refractivity contribution in [3.8, 4) is 0 Å². The average Bonchev–Trinajstić information content (AvgIpc) is 2.76. The molecule has 2 heteroatoms. The SMILES string of the molecule is Cc1cc(Cl)c(C)c(C23CC2CN(C)C3)c1. The van der Waals surface area contributed by atoms with Crippen LogP contribution in [0.4, 0.5) is 0 Å². The molecule has 2 unspecified atom stereocenters. The Balaban J connectivity index is 2.08. The summed E-state index contributed by atoms with van der Waals surface area (Å²) >= 11 is 6.30. The van der Waals surface area contributed by atoms with E-state index in [1.54, 1.807) is 0 Å². The molecular formula is C14H18ClN. The number of likely N-dealkylation sites (N-methyl/N-ethyl adjacent to an activating group) is 1. The van der Waals surface area contributed by atoms with Crippen molar-refractivity contribution >= 4 is 11.6 Å². The average molecular weight is 236 g/mol. The van der Waals surface area contributed by atoms with Gasteiger partial charge in [0.25, 0.3) is 0 Å². The second-order valence-corrected chi connectivity index (χ2v) is 6.08. The smallest absolute Gasteiger partial charge is 0.0440 e. The molecule has 0 radical (unpaired) electrons. The van der Waals surface area contributed by atoms with Crippen molar-refractivity contribution in [1.29, 1.82) is 0 Å². The molecule has 1 heterocycles. The number of piperidine rings is 1. The number of halogens is 1. The number of hydrogen-bond acceptors (Lipinski definition) is 1. The molecule has 2 atom stereocenters. The summed E-state index contributed by atoms with van der Waals surface area (Å²) in [5.74, 6) is 0.870. The van der Waals surface area contributed by atoms with Gasteiger partial charge >= 0.3 is 0 Å². The zero-order chi connectivity index (χ0) is 11.5. The second-order valence-electron chi connectivity index (χ2n) is 5.67. The molecule has 3 rings (SSSR count). The maximum Gasteiger partial charge on any atom is 0.0440 e. The number of nitrogens with zero attached hydrogens (tertiary/aromatic N) is 1. The lowest BCUT2D eigenvalue weighted by Gasteiger charge is -2.20. The van der Waals surface area contributed by atoms with E-state index in [4.69, 9.17) is 11.6 Å². The quantitative estimate of drug-likeness (QED) is 0.723. The Morgan fingerprint density at radius 3 is 2.75 bits per heavy atom. The highest BCUT2D eigenvalue weighted by molar-refractivity contribution is 6.31. The van der Waals surface area contributed by atoms with Gasteiger partial charge in [-0.2, -0.15) is 0 Å². The Morgan fingerprint density at radius 2 is 2.12 bits per heavy atom. The summed E-state index contributed by atoms with van der Waals surface area (Å²) in [6.45, 7) is 6.77. The Morgan fingerprint density at radius 1 is 1.38 bits per heavy atom. The molecule has 2 fully saturated rings. The third-order valence-electron chi connectivity index (χ3n) is 4.34. The molecule has 86 valence electrons. The fourth-order valence-corrected chi connectivity index (χ4v) is 3.76. The predicted octanol–water partition coefficient (Wildman–Crippen LogP) is 3.16. The molecule has 0 N–H and O–H groups in total. The Labute approximate surface area is 102 Å². The van der Waals surface area contributed by atoms with Crippen LogP contribution in [0.5, 0.6) is 0 Å².